The highest BCUT2D eigenvalue weighted by molar-refractivity contribution is 6.11. The molecule has 3 nitrogen and oxygen atoms in total. The van der Waals surface area contributed by atoms with Crippen LogP contribution in [0.4, 0.5) is 0 Å². The molecule has 0 saturated carbocycles. The molecular weight excluding hydrogens is 216 g/mol. The van der Waals surface area contributed by atoms with Crippen LogP contribution in [0.1, 0.15) is 23.7 Å². The molecule has 0 amide bonds. The van der Waals surface area contributed by atoms with E-state index in [1.165, 1.54) is 7.11 Å². The summed E-state index contributed by atoms with van der Waals surface area (Å²) in [6.07, 6.45) is 2.22. The number of ketones is 1. The van der Waals surface area contributed by atoms with Crippen molar-refractivity contribution in [3.8, 4) is 5.75 Å². The highest BCUT2D eigenvalue weighted by atomic mass is 16.5. The number of carbonyl (C=O) groups is 1. The van der Waals surface area contributed by atoms with Gasteiger partial charge in [-0.15, -0.1) is 0 Å². The standard InChI is InChI=1S/C14H14O3/c1-4-9(2)14(15)11-7-10-5-6-17-12(10)8-13(11)16-3/h5-8H,2,4H2,1,3H3. The van der Waals surface area contributed by atoms with Gasteiger partial charge in [0.2, 0.25) is 0 Å². The molecule has 0 spiro atoms. The summed E-state index contributed by atoms with van der Waals surface area (Å²) in [5.41, 5.74) is 1.82. The number of allylic oxidation sites excluding steroid dienone is 1. The first-order chi connectivity index (χ1) is 8.17. The normalized spacial score (nSPS) is 10.5. The van der Waals surface area contributed by atoms with Crippen molar-refractivity contribution >= 4 is 16.8 Å². The Morgan fingerprint density at radius 3 is 2.88 bits per heavy atom. The number of rotatable bonds is 4. The van der Waals surface area contributed by atoms with E-state index in [-0.39, 0.29) is 5.78 Å². The summed E-state index contributed by atoms with van der Waals surface area (Å²) < 4.78 is 10.5. The summed E-state index contributed by atoms with van der Waals surface area (Å²) >= 11 is 0. The van der Waals surface area contributed by atoms with Gasteiger partial charge in [0.25, 0.3) is 0 Å². The van der Waals surface area contributed by atoms with Crippen LogP contribution in [0.5, 0.6) is 5.75 Å². The number of fused-ring (bicyclic) bond motifs is 1. The first kappa shape index (κ1) is 11.5. The van der Waals surface area contributed by atoms with Gasteiger partial charge in [0, 0.05) is 11.5 Å². The second-order valence-electron chi connectivity index (χ2n) is 3.80. The van der Waals surface area contributed by atoms with E-state index in [9.17, 15) is 4.79 Å². The fraction of sp³-hybridized carbons (Fsp3) is 0.214. The summed E-state index contributed by atoms with van der Waals surface area (Å²) in [4.78, 5) is 12.1. The topological polar surface area (TPSA) is 39.4 Å². The van der Waals surface area contributed by atoms with E-state index in [1.807, 2.05) is 13.0 Å². The van der Waals surface area contributed by atoms with Gasteiger partial charge in [-0.05, 0) is 24.1 Å². The number of Topliss-reactive ketones (excluding diaryl/α,β-unsaturated/α-hetero) is 1. The lowest BCUT2D eigenvalue weighted by atomic mass is 10.0. The summed E-state index contributed by atoms with van der Waals surface area (Å²) in [6, 6.07) is 5.33. The molecular formula is C14H14O3. The van der Waals surface area contributed by atoms with Gasteiger partial charge in [0.05, 0.1) is 18.9 Å². The monoisotopic (exact) mass is 230 g/mol. The first-order valence-corrected chi connectivity index (χ1v) is 5.45. The van der Waals surface area contributed by atoms with Crippen molar-refractivity contribution in [3.63, 3.8) is 0 Å². The van der Waals surface area contributed by atoms with E-state index < -0.39 is 0 Å². The molecule has 2 rings (SSSR count). The van der Waals surface area contributed by atoms with Crippen molar-refractivity contribution in [2.45, 2.75) is 13.3 Å². The number of furan rings is 1. The third-order valence-corrected chi connectivity index (χ3v) is 2.77. The molecule has 0 atom stereocenters. The van der Waals surface area contributed by atoms with E-state index >= 15 is 0 Å². The molecule has 0 saturated heterocycles. The first-order valence-electron chi connectivity index (χ1n) is 5.45. The van der Waals surface area contributed by atoms with Crippen LogP contribution in [0, 0.1) is 0 Å². The summed E-state index contributed by atoms with van der Waals surface area (Å²) in [5, 5.41) is 0.887. The molecule has 17 heavy (non-hydrogen) atoms. The lowest BCUT2D eigenvalue weighted by Crippen LogP contribution is -2.04. The van der Waals surface area contributed by atoms with Gasteiger partial charge in [-0.25, -0.2) is 0 Å². The average Bonchev–Trinajstić information content (AvgIpc) is 2.82. The third kappa shape index (κ3) is 1.96. The Balaban J connectivity index is 2.58. The van der Waals surface area contributed by atoms with E-state index in [1.54, 1.807) is 18.4 Å². The number of hydrogen-bond acceptors (Lipinski definition) is 3. The summed E-state index contributed by atoms with van der Waals surface area (Å²) in [6.45, 7) is 5.67. The Bertz CT molecular complexity index is 578. The molecule has 0 aliphatic carbocycles. The zero-order chi connectivity index (χ0) is 12.4. The van der Waals surface area contributed by atoms with Crippen molar-refractivity contribution < 1.29 is 13.9 Å². The van der Waals surface area contributed by atoms with E-state index in [0.29, 0.717) is 28.9 Å². The molecule has 0 unspecified atom stereocenters. The zero-order valence-electron chi connectivity index (χ0n) is 9.95. The van der Waals surface area contributed by atoms with Gasteiger partial charge < -0.3 is 9.15 Å². The maximum absolute atomic E-state index is 12.1. The number of carbonyl (C=O) groups excluding carboxylic acids is 1. The minimum Gasteiger partial charge on any atom is -0.496 e. The molecule has 0 fully saturated rings. The fourth-order valence-electron chi connectivity index (χ4n) is 1.69. The molecule has 1 aromatic heterocycles. The second-order valence-corrected chi connectivity index (χ2v) is 3.80. The SMILES string of the molecule is C=C(CC)C(=O)c1cc2ccoc2cc1OC. The predicted molar refractivity (Wildman–Crippen MR) is 66.5 cm³/mol. The Morgan fingerprint density at radius 2 is 2.24 bits per heavy atom. The van der Waals surface area contributed by atoms with Gasteiger partial charge in [-0.3, -0.25) is 4.79 Å². The molecule has 0 radical (unpaired) electrons. The highest BCUT2D eigenvalue weighted by Gasteiger charge is 2.16. The molecule has 88 valence electrons. The molecule has 0 aliphatic heterocycles. The van der Waals surface area contributed by atoms with Gasteiger partial charge in [-0.2, -0.15) is 0 Å². The van der Waals surface area contributed by atoms with Gasteiger partial charge in [0.1, 0.15) is 11.3 Å². The molecule has 0 aliphatic rings. The van der Waals surface area contributed by atoms with Crippen molar-refractivity contribution in [3.05, 3.63) is 42.2 Å². The average molecular weight is 230 g/mol. The van der Waals surface area contributed by atoms with Crippen LogP contribution in [-0.4, -0.2) is 12.9 Å². The molecule has 0 N–H and O–H groups in total. The number of benzene rings is 1. The molecule has 2 aromatic rings. The third-order valence-electron chi connectivity index (χ3n) is 2.77. The van der Waals surface area contributed by atoms with Crippen molar-refractivity contribution in [2.75, 3.05) is 7.11 Å². The van der Waals surface area contributed by atoms with Gasteiger partial charge in [0.15, 0.2) is 5.78 Å². The van der Waals surface area contributed by atoms with Crippen molar-refractivity contribution in [2.24, 2.45) is 0 Å². The zero-order valence-corrected chi connectivity index (χ0v) is 9.95. The van der Waals surface area contributed by atoms with Crippen LogP contribution >= 0.6 is 0 Å². The van der Waals surface area contributed by atoms with Crippen LogP contribution < -0.4 is 4.74 Å². The molecule has 1 aromatic carbocycles. The number of ether oxygens (including phenoxy) is 1. The molecule has 3 heteroatoms. The maximum Gasteiger partial charge on any atom is 0.192 e. The fourth-order valence-corrected chi connectivity index (χ4v) is 1.69. The van der Waals surface area contributed by atoms with E-state index in [0.717, 1.165) is 5.39 Å². The van der Waals surface area contributed by atoms with Gasteiger partial charge in [-0.1, -0.05) is 13.5 Å². The van der Waals surface area contributed by atoms with Crippen molar-refractivity contribution in [1.29, 1.82) is 0 Å². The summed E-state index contributed by atoms with van der Waals surface area (Å²) in [7, 11) is 1.54. The Morgan fingerprint density at radius 1 is 1.47 bits per heavy atom. The van der Waals surface area contributed by atoms with Crippen LogP contribution in [0.25, 0.3) is 11.0 Å². The minimum absolute atomic E-state index is 0.0764. The van der Waals surface area contributed by atoms with E-state index in [2.05, 4.69) is 6.58 Å². The van der Waals surface area contributed by atoms with Crippen molar-refractivity contribution in [1.82, 2.24) is 0 Å². The van der Waals surface area contributed by atoms with Crippen LogP contribution in [-0.2, 0) is 0 Å². The lowest BCUT2D eigenvalue weighted by Gasteiger charge is -2.08. The highest BCUT2D eigenvalue weighted by Crippen LogP contribution is 2.28. The smallest absolute Gasteiger partial charge is 0.192 e. The maximum atomic E-state index is 12.1. The van der Waals surface area contributed by atoms with E-state index in [4.69, 9.17) is 9.15 Å². The Kier molecular flexibility index (Phi) is 3.00. The Labute approximate surface area is 99.7 Å². The second kappa shape index (κ2) is 4.45. The Hall–Kier alpha value is -2.03. The number of hydrogen-bond donors (Lipinski definition) is 0. The van der Waals surface area contributed by atoms with Crippen LogP contribution in [0.15, 0.2) is 41.0 Å². The van der Waals surface area contributed by atoms with Crippen LogP contribution in [0.3, 0.4) is 0 Å². The van der Waals surface area contributed by atoms with Crippen LogP contribution in [0.2, 0.25) is 0 Å². The van der Waals surface area contributed by atoms with Gasteiger partial charge >= 0.3 is 0 Å². The summed E-state index contributed by atoms with van der Waals surface area (Å²) in [5.74, 6) is 0.444. The largest absolute Gasteiger partial charge is 0.496 e. The minimum atomic E-state index is -0.0764. The lowest BCUT2D eigenvalue weighted by molar-refractivity contribution is 0.102. The molecule has 1 heterocycles. The quantitative estimate of drug-likeness (QED) is 0.595. The number of methoxy groups -OCH3 is 1. The molecule has 0 bridgehead atoms. The predicted octanol–water partition coefficient (Wildman–Crippen LogP) is 3.59.